The predicted octanol–water partition coefficient (Wildman–Crippen LogP) is 1.40. The number of carbonyl (C=O) groups excluding carboxylic acids is 3. The van der Waals surface area contributed by atoms with Crippen LogP contribution in [0.5, 0.6) is 0 Å². The van der Waals surface area contributed by atoms with E-state index in [-0.39, 0.29) is 29.7 Å². The molecule has 29 heavy (non-hydrogen) atoms. The minimum atomic E-state index is -0.292. The zero-order valence-electron chi connectivity index (χ0n) is 17.5. The van der Waals surface area contributed by atoms with Crippen LogP contribution < -0.4 is 5.32 Å². The Hall–Kier alpha value is -1.65. The Morgan fingerprint density at radius 1 is 1.24 bits per heavy atom. The third-order valence-corrected chi connectivity index (χ3v) is 6.14. The smallest absolute Gasteiger partial charge is 0.311 e. The summed E-state index contributed by atoms with van der Waals surface area (Å²) in [6, 6.07) is 0. The Balaban J connectivity index is 1.70. The molecular formula is C19H30N4O4S2. The quantitative estimate of drug-likeness (QED) is 0.481. The Morgan fingerprint density at radius 2 is 1.93 bits per heavy atom. The lowest BCUT2D eigenvalue weighted by Gasteiger charge is -2.34. The van der Waals surface area contributed by atoms with E-state index in [9.17, 15) is 14.4 Å². The summed E-state index contributed by atoms with van der Waals surface area (Å²) in [5.41, 5.74) is 0.434. The molecule has 2 amide bonds. The van der Waals surface area contributed by atoms with Crippen molar-refractivity contribution >= 4 is 40.9 Å². The van der Waals surface area contributed by atoms with E-state index < -0.39 is 0 Å². The highest BCUT2D eigenvalue weighted by molar-refractivity contribution is 8.01. The van der Waals surface area contributed by atoms with Crippen molar-refractivity contribution in [3.63, 3.8) is 0 Å². The molecule has 1 aromatic heterocycles. The molecule has 1 fully saturated rings. The van der Waals surface area contributed by atoms with Gasteiger partial charge in [-0.2, -0.15) is 0 Å². The number of hydrogen-bond acceptors (Lipinski definition) is 8. The highest BCUT2D eigenvalue weighted by atomic mass is 32.2. The molecular weight excluding hydrogens is 412 g/mol. The van der Waals surface area contributed by atoms with E-state index >= 15 is 0 Å². The first kappa shape index (κ1) is 23.6. The molecule has 1 N–H and O–H groups in total. The Labute approximate surface area is 180 Å². The van der Waals surface area contributed by atoms with Gasteiger partial charge in [-0.15, -0.1) is 11.3 Å². The van der Waals surface area contributed by atoms with Gasteiger partial charge in [0.2, 0.25) is 11.8 Å². The summed E-state index contributed by atoms with van der Waals surface area (Å²) < 4.78 is 5.69. The van der Waals surface area contributed by atoms with Crippen molar-refractivity contribution in [2.24, 2.45) is 0 Å². The molecule has 0 spiro atoms. The number of nitrogens with zero attached hydrogens (tertiary/aromatic N) is 3. The topological polar surface area (TPSA) is 91.8 Å². The lowest BCUT2D eigenvalue weighted by Crippen LogP contribution is -2.53. The Morgan fingerprint density at radius 3 is 2.55 bits per heavy atom. The Kier molecular flexibility index (Phi) is 8.91. The number of nitrogens with one attached hydrogen (secondary N) is 1. The molecule has 0 aromatic carbocycles. The zero-order chi connectivity index (χ0) is 21.4. The lowest BCUT2D eigenvalue weighted by atomic mass is 10.1. The molecule has 0 aliphatic carbocycles. The number of piperazine rings is 1. The summed E-state index contributed by atoms with van der Waals surface area (Å²) in [5.74, 6) is 0.0993. The predicted molar refractivity (Wildman–Crippen MR) is 114 cm³/mol. The number of thioether (sulfide) groups is 1. The fourth-order valence-corrected chi connectivity index (χ4v) is 4.57. The average molecular weight is 443 g/mol. The highest BCUT2D eigenvalue weighted by Crippen LogP contribution is 2.23. The van der Waals surface area contributed by atoms with E-state index in [1.807, 2.05) is 31.1 Å². The maximum absolute atomic E-state index is 12.5. The van der Waals surface area contributed by atoms with Gasteiger partial charge in [0.15, 0.2) is 4.34 Å². The molecule has 162 valence electrons. The molecule has 0 bridgehead atoms. The van der Waals surface area contributed by atoms with E-state index in [0.29, 0.717) is 50.8 Å². The van der Waals surface area contributed by atoms with Crippen molar-refractivity contribution in [1.29, 1.82) is 0 Å². The van der Waals surface area contributed by atoms with Crippen LogP contribution in [-0.4, -0.2) is 83.2 Å². The van der Waals surface area contributed by atoms with E-state index in [1.54, 1.807) is 6.92 Å². The summed E-state index contributed by atoms with van der Waals surface area (Å²) >= 11 is 2.82. The minimum Gasteiger partial charge on any atom is -0.466 e. The molecule has 8 nitrogen and oxygen atoms in total. The molecule has 1 aromatic rings. The highest BCUT2D eigenvalue weighted by Gasteiger charge is 2.24. The normalized spacial score (nSPS) is 15.2. The first-order valence-electron chi connectivity index (χ1n) is 9.70. The van der Waals surface area contributed by atoms with Gasteiger partial charge in [0.1, 0.15) is 0 Å². The summed E-state index contributed by atoms with van der Waals surface area (Å²) in [7, 11) is 0. The fraction of sp³-hybridized carbons (Fsp3) is 0.684. The van der Waals surface area contributed by atoms with Gasteiger partial charge in [0, 0.05) is 37.1 Å². The van der Waals surface area contributed by atoms with Gasteiger partial charge >= 0.3 is 5.97 Å². The first-order chi connectivity index (χ1) is 13.7. The van der Waals surface area contributed by atoms with Crippen LogP contribution in [0.3, 0.4) is 0 Å². The number of carbonyl (C=O) groups is 3. The number of thiazole rings is 1. The third-order valence-electron chi connectivity index (χ3n) is 4.09. The van der Waals surface area contributed by atoms with Crippen LogP contribution in [0, 0.1) is 0 Å². The van der Waals surface area contributed by atoms with Crippen LogP contribution in [0.4, 0.5) is 0 Å². The summed E-state index contributed by atoms with van der Waals surface area (Å²) in [4.78, 5) is 44.3. The number of hydrogen-bond donors (Lipinski definition) is 1. The number of rotatable bonds is 8. The average Bonchev–Trinajstić information content (AvgIpc) is 3.06. The standard InChI is InChI=1S/C19H30N4O4S2/c1-5-27-17(26)10-14-12-28-18(20-14)29-13-16(25)23-8-6-22(7-9-23)11-15(24)21-19(2,3)4/h12H,5-11,13H2,1-4H3,(H,21,24). The first-order valence-corrected chi connectivity index (χ1v) is 11.6. The van der Waals surface area contributed by atoms with E-state index in [1.165, 1.54) is 23.1 Å². The van der Waals surface area contributed by atoms with Crippen molar-refractivity contribution in [2.75, 3.05) is 45.1 Å². The van der Waals surface area contributed by atoms with E-state index in [0.717, 1.165) is 4.34 Å². The van der Waals surface area contributed by atoms with Crippen molar-refractivity contribution < 1.29 is 19.1 Å². The molecule has 1 saturated heterocycles. The molecule has 0 atom stereocenters. The van der Waals surface area contributed by atoms with E-state index in [4.69, 9.17) is 4.74 Å². The maximum Gasteiger partial charge on any atom is 0.311 e. The van der Waals surface area contributed by atoms with E-state index in [2.05, 4.69) is 15.2 Å². The van der Waals surface area contributed by atoms with Gasteiger partial charge < -0.3 is 15.0 Å². The molecule has 1 aliphatic heterocycles. The van der Waals surface area contributed by atoms with Gasteiger partial charge in [-0.05, 0) is 27.7 Å². The molecule has 10 heteroatoms. The van der Waals surface area contributed by atoms with Gasteiger partial charge in [-0.3, -0.25) is 19.3 Å². The van der Waals surface area contributed by atoms with Crippen molar-refractivity contribution in [3.05, 3.63) is 11.1 Å². The largest absolute Gasteiger partial charge is 0.466 e. The van der Waals surface area contributed by atoms with Crippen LogP contribution in [0.25, 0.3) is 0 Å². The fourth-order valence-electron chi connectivity index (χ4n) is 2.83. The van der Waals surface area contributed by atoms with Gasteiger partial charge in [-0.25, -0.2) is 4.98 Å². The van der Waals surface area contributed by atoms with Crippen LogP contribution in [0.1, 0.15) is 33.4 Å². The molecule has 0 unspecified atom stereocenters. The monoisotopic (exact) mass is 442 g/mol. The van der Waals surface area contributed by atoms with Crippen molar-refractivity contribution in [2.45, 2.75) is 44.0 Å². The Bertz CT molecular complexity index is 709. The van der Waals surface area contributed by atoms with Crippen LogP contribution in [-0.2, 0) is 25.5 Å². The zero-order valence-corrected chi connectivity index (χ0v) is 19.2. The number of esters is 1. The van der Waals surface area contributed by atoms with Gasteiger partial charge in [-0.1, -0.05) is 11.8 Å². The summed E-state index contributed by atoms with van der Waals surface area (Å²) in [6.45, 7) is 11.0. The minimum absolute atomic E-state index is 0.00947. The van der Waals surface area contributed by atoms with Crippen LogP contribution >= 0.6 is 23.1 Å². The van der Waals surface area contributed by atoms with Gasteiger partial charge in [0.05, 0.1) is 31.0 Å². The molecule has 1 aliphatic rings. The molecule has 2 rings (SSSR count). The lowest BCUT2D eigenvalue weighted by molar-refractivity contribution is -0.142. The van der Waals surface area contributed by atoms with Crippen molar-refractivity contribution in [3.8, 4) is 0 Å². The molecule has 0 radical (unpaired) electrons. The molecule has 2 heterocycles. The maximum atomic E-state index is 12.5. The van der Waals surface area contributed by atoms with Gasteiger partial charge in [0.25, 0.3) is 0 Å². The second kappa shape index (κ2) is 10.9. The summed E-state index contributed by atoms with van der Waals surface area (Å²) in [5, 5.41) is 4.78. The SMILES string of the molecule is CCOC(=O)Cc1csc(SCC(=O)N2CCN(CC(=O)NC(C)(C)C)CC2)n1. The van der Waals surface area contributed by atoms with Crippen LogP contribution in [0.2, 0.25) is 0 Å². The molecule has 0 saturated carbocycles. The third kappa shape index (κ3) is 8.71. The summed E-state index contributed by atoms with van der Waals surface area (Å²) in [6.07, 6.45) is 0.156. The second-order valence-electron chi connectivity index (χ2n) is 7.83. The number of ether oxygens (including phenoxy) is 1. The second-order valence-corrected chi connectivity index (χ2v) is 9.91. The van der Waals surface area contributed by atoms with Crippen LogP contribution in [0.15, 0.2) is 9.72 Å². The number of amides is 2. The van der Waals surface area contributed by atoms with Crippen molar-refractivity contribution in [1.82, 2.24) is 20.1 Å². The number of aromatic nitrogens is 1.